The normalized spacial score (nSPS) is 33.8. The number of hydrogen-bond acceptors (Lipinski definition) is 0. The second kappa shape index (κ2) is 14.6. The maximum absolute atomic E-state index is 4.93. The number of fused-ring (bicyclic) bond motifs is 2. The average Bonchev–Trinajstić information content (AvgIpc) is 3.17. The fourth-order valence-corrected chi connectivity index (χ4v) is 5.37. The molecule has 4 unspecified atom stereocenters. The summed E-state index contributed by atoms with van der Waals surface area (Å²) in [4.78, 5) is 0. The summed E-state index contributed by atoms with van der Waals surface area (Å²) in [6, 6.07) is 0. The van der Waals surface area contributed by atoms with Crippen molar-refractivity contribution in [2.75, 3.05) is 0 Å². The van der Waals surface area contributed by atoms with Gasteiger partial charge in [0.1, 0.15) is 0 Å². The monoisotopic (exact) mass is 438 g/mol. The maximum atomic E-state index is 4.93. The van der Waals surface area contributed by atoms with E-state index in [-0.39, 0.29) is 14.9 Å². The molecule has 0 aromatic carbocycles. The second-order valence-corrected chi connectivity index (χ2v) is 11.3. The first-order chi connectivity index (χ1) is 10.3. The summed E-state index contributed by atoms with van der Waals surface area (Å²) < 4.78 is 0. The summed E-state index contributed by atoms with van der Waals surface area (Å²) >= 11 is -0.826. The van der Waals surface area contributed by atoms with E-state index in [1.54, 1.807) is 51.4 Å². The molecule has 4 fully saturated rings. The Morgan fingerprint density at radius 1 is 0.435 bits per heavy atom. The average molecular weight is 441 g/mol. The van der Waals surface area contributed by atoms with Crippen molar-refractivity contribution in [1.29, 1.82) is 0 Å². The number of hydrogen-bond donors (Lipinski definition) is 0. The molecule has 0 heterocycles. The number of rotatable bonds is 0. The Bertz CT molecular complexity index is 222. The van der Waals surface area contributed by atoms with E-state index in [4.69, 9.17) is 17.0 Å². The molecule has 0 nitrogen and oxygen atoms in total. The molecule has 0 amide bonds. The molecule has 4 saturated carbocycles. The van der Waals surface area contributed by atoms with Gasteiger partial charge in [-0.2, -0.15) is 0 Å². The summed E-state index contributed by atoms with van der Waals surface area (Å²) in [5, 5.41) is 0. The van der Waals surface area contributed by atoms with Crippen molar-refractivity contribution in [3.05, 3.63) is 14.9 Å². The molecule has 3 heteroatoms. The quantitative estimate of drug-likeness (QED) is 0.333. The zero-order chi connectivity index (χ0) is 14.9. The van der Waals surface area contributed by atoms with Crippen molar-refractivity contribution in [3.63, 3.8) is 0 Å². The van der Waals surface area contributed by atoms with Gasteiger partial charge in [0.15, 0.2) is 0 Å². The van der Waals surface area contributed by atoms with Crippen LogP contribution in [0, 0.1) is 38.5 Å². The van der Waals surface area contributed by atoms with E-state index in [0.29, 0.717) is 0 Å². The summed E-state index contributed by atoms with van der Waals surface area (Å²) in [7, 11) is 9.87. The van der Waals surface area contributed by atoms with Crippen LogP contribution in [0.25, 0.3) is 0 Å². The second-order valence-electron chi connectivity index (χ2n) is 7.54. The van der Waals surface area contributed by atoms with Crippen molar-refractivity contribution in [1.82, 2.24) is 0 Å². The Hall–Kier alpha value is 1.46. The van der Waals surface area contributed by atoms with E-state index in [0.717, 1.165) is 0 Å². The first-order valence-electron chi connectivity index (χ1n) is 9.31. The first-order valence-corrected chi connectivity index (χ1v) is 15.6. The van der Waals surface area contributed by atoms with E-state index in [2.05, 4.69) is 0 Å². The summed E-state index contributed by atoms with van der Waals surface area (Å²) in [5.41, 5.74) is 0. The van der Waals surface area contributed by atoms with Crippen LogP contribution < -0.4 is 0 Å². The topological polar surface area (TPSA) is 0 Å². The zero-order valence-corrected chi connectivity index (χ0v) is 19.4. The van der Waals surface area contributed by atoms with Gasteiger partial charge in [0, 0.05) is 0 Å². The molecule has 4 rings (SSSR count). The molecular formula is C20H38Cl2Zr. The molecule has 0 aromatic heterocycles. The fourth-order valence-electron chi connectivity index (χ4n) is 5.37. The van der Waals surface area contributed by atoms with Gasteiger partial charge in [-0.05, 0) is 23.7 Å². The Morgan fingerprint density at radius 2 is 0.609 bits per heavy atom. The van der Waals surface area contributed by atoms with Crippen molar-refractivity contribution < 1.29 is 20.8 Å². The Labute approximate surface area is 165 Å². The Kier molecular flexibility index (Phi) is 15.5. The van der Waals surface area contributed by atoms with Crippen molar-refractivity contribution in [2.24, 2.45) is 23.7 Å². The van der Waals surface area contributed by atoms with Gasteiger partial charge in [0.2, 0.25) is 0 Å². The van der Waals surface area contributed by atoms with Crippen molar-refractivity contribution >= 4 is 17.0 Å². The molecule has 4 aliphatic rings. The molecule has 0 spiro atoms. The molecule has 0 saturated heterocycles. The minimum atomic E-state index is -0.826. The predicted octanol–water partition coefficient (Wildman–Crippen LogP) is 8.23. The molecule has 0 N–H and O–H groups in total. The van der Waals surface area contributed by atoms with Gasteiger partial charge in [-0.15, -0.1) is 0 Å². The van der Waals surface area contributed by atoms with Crippen LogP contribution in [0.3, 0.4) is 0 Å². The van der Waals surface area contributed by atoms with Gasteiger partial charge >= 0.3 is 37.9 Å². The van der Waals surface area contributed by atoms with Crippen LogP contribution in [0.15, 0.2) is 0 Å². The van der Waals surface area contributed by atoms with Gasteiger partial charge < -0.3 is 14.9 Å². The van der Waals surface area contributed by atoms with Crippen LogP contribution in [0.4, 0.5) is 0 Å². The van der Waals surface area contributed by atoms with Crippen LogP contribution in [-0.2, 0) is 20.8 Å². The van der Waals surface area contributed by atoms with Crippen LogP contribution in [0.1, 0.15) is 89.9 Å². The van der Waals surface area contributed by atoms with Gasteiger partial charge in [0.25, 0.3) is 0 Å². The molecule has 0 radical (unpaired) electrons. The Morgan fingerprint density at radius 3 is 0.826 bits per heavy atom. The van der Waals surface area contributed by atoms with E-state index in [1.807, 2.05) is 0 Å². The zero-order valence-electron chi connectivity index (χ0n) is 15.5. The predicted molar refractivity (Wildman–Crippen MR) is 103 cm³/mol. The molecule has 23 heavy (non-hydrogen) atoms. The van der Waals surface area contributed by atoms with E-state index >= 15 is 0 Å². The third-order valence-electron chi connectivity index (χ3n) is 6.43. The fraction of sp³-hybridized carbons (Fsp3) is 0.900. The summed E-state index contributed by atoms with van der Waals surface area (Å²) in [5.74, 6) is 4.66. The Balaban J connectivity index is 0.000000336. The minimum absolute atomic E-state index is 0. The van der Waals surface area contributed by atoms with Gasteiger partial charge in [0.05, 0.1) is 0 Å². The molecule has 0 aromatic rings. The third kappa shape index (κ3) is 8.59. The van der Waals surface area contributed by atoms with E-state index in [1.165, 1.54) is 62.2 Å². The van der Waals surface area contributed by atoms with Gasteiger partial charge in [-0.25, -0.2) is 0 Å². The van der Waals surface area contributed by atoms with E-state index < -0.39 is 20.8 Å². The molecule has 4 atom stereocenters. The van der Waals surface area contributed by atoms with Crippen LogP contribution in [0.2, 0.25) is 0 Å². The molecule has 136 valence electrons. The molecule has 0 bridgehead atoms. The third-order valence-corrected chi connectivity index (χ3v) is 6.43. The van der Waals surface area contributed by atoms with Crippen LogP contribution in [0.5, 0.6) is 0 Å². The van der Waals surface area contributed by atoms with Crippen LogP contribution >= 0.6 is 17.0 Å². The van der Waals surface area contributed by atoms with Crippen LogP contribution in [-0.4, -0.2) is 0 Å². The summed E-state index contributed by atoms with van der Waals surface area (Å²) in [6.45, 7) is 0. The standard InChI is InChI=1S/2C9H16.2CH3.2ClH.Zr/c2*1-2-5-9-7-3-6-8(9)4-1;;;;;/h2*8-9H,1-7H2;2*1H3;2*1H;/q;;2*-1;;;+4/p-2. The van der Waals surface area contributed by atoms with Gasteiger partial charge in [-0.1, -0.05) is 89.9 Å². The first kappa shape index (κ1) is 24.5. The van der Waals surface area contributed by atoms with Gasteiger partial charge in [-0.3, -0.25) is 0 Å². The molecular weight excluding hydrogens is 402 g/mol. The van der Waals surface area contributed by atoms with Crippen molar-refractivity contribution in [3.8, 4) is 0 Å². The number of halogens is 2. The summed E-state index contributed by atoms with van der Waals surface area (Å²) in [6.07, 6.45) is 21.7. The van der Waals surface area contributed by atoms with Crippen molar-refractivity contribution in [2.45, 2.75) is 89.9 Å². The molecule has 4 aliphatic carbocycles. The SMILES string of the molecule is C1CCC2CCCC2C1.C1CCC2CCCC2C1.[CH3-].[CH3-].[Cl][Zr+2][Cl]. The molecule has 0 aliphatic heterocycles. The van der Waals surface area contributed by atoms with E-state index in [9.17, 15) is 0 Å².